The fraction of sp³-hybridized carbons (Fsp3) is 0.904. The first-order chi connectivity index (χ1) is 29.5. The molecule has 0 aliphatic heterocycles. The van der Waals surface area contributed by atoms with Crippen LogP contribution in [-0.2, 0) is 18.4 Å². The molecular formula is C52H103N2O6P. The Bertz CT molecular complexity index is 1050. The molecule has 0 rings (SSSR count). The van der Waals surface area contributed by atoms with E-state index in [1.807, 2.05) is 27.2 Å². The molecular weight excluding hydrogens is 780 g/mol. The number of hydrogen-bond donors (Lipinski definition) is 2. The van der Waals surface area contributed by atoms with Crippen molar-refractivity contribution in [3.8, 4) is 0 Å². The van der Waals surface area contributed by atoms with E-state index in [0.29, 0.717) is 17.4 Å². The molecule has 3 unspecified atom stereocenters. The van der Waals surface area contributed by atoms with Gasteiger partial charge >= 0.3 is 0 Å². The van der Waals surface area contributed by atoms with E-state index in [4.69, 9.17) is 9.05 Å². The lowest BCUT2D eigenvalue weighted by Crippen LogP contribution is -2.45. The molecule has 0 fully saturated rings. The van der Waals surface area contributed by atoms with E-state index in [9.17, 15) is 19.4 Å². The quantitative estimate of drug-likeness (QED) is 0.0273. The fourth-order valence-electron chi connectivity index (χ4n) is 7.74. The topological polar surface area (TPSA) is 108 Å². The van der Waals surface area contributed by atoms with Crippen molar-refractivity contribution >= 4 is 13.7 Å². The Hall–Kier alpha value is -1.02. The Morgan fingerprint density at radius 3 is 1.28 bits per heavy atom. The van der Waals surface area contributed by atoms with Gasteiger partial charge in [-0.15, -0.1) is 0 Å². The molecule has 61 heavy (non-hydrogen) atoms. The zero-order chi connectivity index (χ0) is 45.0. The minimum Gasteiger partial charge on any atom is -0.756 e. The number of nitrogens with one attached hydrogen (secondary N) is 1. The monoisotopic (exact) mass is 883 g/mol. The number of rotatable bonds is 48. The third-order valence-electron chi connectivity index (χ3n) is 11.9. The van der Waals surface area contributed by atoms with E-state index >= 15 is 0 Å². The number of quaternary nitrogens is 1. The van der Waals surface area contributed by atoms with Gasteiger partial charge in [0.1, 0.15) is 13.2 Å². The number of nitrogens with zero attached hydrogens (tertiary/aromatic N) is 1. The van der Waals surface area contributed by atoms with Crippen LogP contribution < -0.4 is 10.2 Å². The maximum absolute atomic E-state index is 12.8. The van der Waals surface area contributed by atoms with Crippen molar-refractivity contribution in [2.45, 2.75) is 264 Å². The van der Waals surface area contributed by atoms with Gasteiger partial charge in [0.2, 0.25) is 5.91 Å². The largest absolute Gasteiger partial charge is 0.756 e. The molecule has 362 valence electrons. The van der Waals surface area contributed by atoms with Gasteiger partial charge in [-0.3, -0.25) is 9.36 Å². The molecule has 8 nitrogen and oxygen atoms in total. The van der Waals surface area contributed by atoms with Gasteiger partial charge in [-0.2, -0.15) is 0 Å². The van der Waals surface area contributed by atoms with Crippen molar-refractivity contribution in [3.63, 3.8) is 0 Å². The number of aliphatic hydroxyl groups excluding tert-OH is 1. The standard InChI is InChI=1S/C52H103N2O6P/c1-6-8-10-12-14-16-17-18-19-20-21-22-23-24-25-26-27-28-29-30-31-32-33-34-35-36-37-38-40-42-44-46-52(56)53-50(49-60-61(57,58)59-48-47-54(3,4)5)51(55)45-43-41-39-15-13-11-9-7-2/h20-21,43,45,50-51,55H,6-19,22-42,44,46-49H2,1-5H3,(H-,53,56,57,58)/b21-20-,45-43+. The van der Waals surface area contributed by atoms with E-state index in [-0.39, 0.29) is 19.1 Å². The summed E-state index contributed by atoms with van der Waals surface area (Å²) in [5, 5.41) is 13.7. The first kappa shape index (κ1) is 60.0. The van der Waals surface area contributed by atoms with Crippen molar-refractivity contribution in [2.75, 3.05) is 40.9 Å². The predicted octanol–water partition coefficient (Wildman–Crippen LogP) is 14.6. The minimum atomic E-state index is -4.58. The molecule has 0 radical (unpaired) electrons. The molecule has 1 amide bonds. The number of phosphoric acid groups is 1. The van der Waals surface area contributed by atoms with Crippen LogP contribution in [0.25, 0.3) is 0 Å². The zero-order valence-corrected chi connectivity index (χ0v) is 42.0. The highest BCUT2D eigenvalue weighted by atomic mass is 31.2. The molecule has 0 aromatic heterocycles. The number of amides is 1. The number of phosphoric ester groups is 1. The van der Waals surface area contributed by atoms with Gasteiger partial charge in [0.25, 0.3) is 7.82 Å². The maximum Gasteiger partial charge on any atom is 0.268 e. The highest BCUT2D eigenvalue weighted by molar-refractivity contribution is 7.45. The van der Waals surface area contributed by atoms with Crippen LogP contribution in [-0.4, -0.2) is 68.5 Å². The van der Waals surface area contributed by atoms with E-state index in [2.05, 4.69) is 31.3 Å². The lowest BCUT2D eigenvalue weighted by atomic mass is 10.0. The summed E-state index contributed by atoms with van der Waals surface area (Å²) < 4.78 is 23.1. The summed E-state index contributed by atoms with van der Waals surface area (Å²) >= 11 is 0. The second-order valence-electron chi connectivity index (χ2n) is 19.2. The van der Waals surface area contributed by atoms with Crippen molar-refractivity contribution in [2.24, 2.45) is 0 Å². The lowest BCUT2D eigenvalue weighted by Gasteiger charge is -2.29. The summed E-state index contributed by atoms with van der Waals surface area (Å²) in [6, 6.07) is -0.880. The number of aliphatic hydroxyl groups is 1. The van der Waals surface area contributed by atoms with Crippen LogP contribution >= 0.6 is 7.82 Å². The molecule has 0 aliphatic carbocycles. The average molecular weight is 883 g/mol. The average Bonchev–Trinajstić information content (AvgIpc) is 3.21. The number of allylic oxidation sites excluding steroid dienone is 3. The van der Waals surface area contributed by atoms with Crippen molar-refractivity contribution in [3.05, 3.63) is 24.3 Å². The number of likely N-dealkylation sites (N-methyl/N-ethyl adjacent to an activating group) is 1. The Morgan fingerprint density at radius 1 is 0.557 bits per heavy atom. The molecule has 0 heterocycles. The van der Waals surface area contributed by atoms with Crippen molar-refractivity contribution < 1.29 is 32.9 Å². The Kier molecular flexibility index (Phi) is 43.5. The van der Waals surface area contributed by atoms with Gasteiger partial charge in [-0.05, 0) is 44.9 Å². The minimum absolute atomic E-state index is 0.000627. The highest BCUT2D eigenvalue weighted by Crippen LogP contribution is 2.38. The molecule has 9 heteroatoms. The van der Waals surface area contributed by atoms with Crippen LogP contribution in [0, 0.1) is 0 Å². The number of unbranched alkanes of at least 4 members (excludes halogenated alkanes) is 33. The molecule has 0 aromatic rings. The lowest BCUT2D eigenvalue weighted by molar-refractivity contribution is -0.870. The van der Waals surface area contributed by atoms with Gasteiger partial charge in [0, 0.05) is 6.42 Å². The van der Waals surface area contributed by atoms with Gasteiger partial charge < -0.3 is 28.8 Å². The molecule has 2 N–H and O–H groups in total. The Balaban J connectivity index is 3.91. The number of hydrogen-bond acceptors (Lipinski definition) is 6. The van der Waals surface area contributed by atoms with E-state index in [1.165, 1.54) is 193 Å². The molecule has 0 saturated heterocycles. The van der Waals surface area contributed by atoms with Gasteiger partial charge in [-0.1, -0.05) is 224 Å². The smallest absolute Gasteiger partial charge is 0.268 e. The fourth-order valence-corrected chi connectivity index (χ4v) is 8.46. The SMILES string of the molecule is CCCCCCCC/C=C/C(O)C(COP(=O)([O-])OCC[N+](C)(C)C)NC(=O)CCCCCCCCCCCCCCCCCCCCC/C=C\CCCCCCCCCC. The highest BCUT2D eigenvalue weighted by Gasteiger charge is 2.23. The predicted molar refractivity (Wildman–Crippen MR) is 261 cm³/mol. The first-order valence-electron chi connectivity index (χ1n) is 26.2. The molecule has 0 aliphatic rings. The summed E-state index contributed by atoms with van der Waals surface area (Å²) in [5.41, 5.74) is 0. The molecule has 0 saturated carbocycles. The molecule has 0 aromatic carbocycles. The second-order valence-corrected chi connectivity index (χ2v) is 20.6. The first-order valence-corrected chi connectivity index (χ1v) is 27.7. The third-order valence-corrected chi connectivity index (χ3v) is 12.9. The van der Waals surface area contributed by atoms with Gasteiger partial charge in [0.05, 0.1) is 39.9 Å². The van der Waals surface area contributed by atoms with E-state index in [0.717, 1.165) is 38.5 Å². The van der Waals surface area contributed by atoms with Crippen LogP contribution in [0.3, 0.4) is 0 Å². The summed E-state index contributed by atoms with van der Waals surface area (Å²) in [4.78, 5) is 25.3. The third kappa shape index (κ3) is 46.8. The second kappa shape index (κ2) is 44.2. The summed E-state index contributed by atoms with van der Waals surface area (Å²) in [6.07, 6.45) is 54.2. The van der Waals surface area contributed by atoms with E-state index in [1.54, 1.807) is 6.08 Å². The summed E-state index contributed by atoms with van der Waals surface area (Å²) in [6.45, 7) is 4.62. The molecule has 0 spiro atoms. The summed E-state index contributed by atoms with van der Waals surface area (Å²) in [5.74, 6) is -0.197. The number of carbonyl (C=O) groups is 1. The number of carbonyl (C=O) groups excluding carboxylic acids is 1. The van der Waals surface area contributed by atoms with Crippen LogP contribution in [0.2, 0.25) is 0 Å². The Labute approximate surface area is 379 Å². The van der Waals surface area contributed by atoms with Gasteiger partial charge in [-0.25, -0.2) is 0 Å². The zero-order valence-electron chi connectivity index (χ0n) is 41.1. The molecule has 0 bridgehead atoms. The van der Waals surface area contributed by atoms with Crippen LogP contribution in [0.4, 0.5) is 0 Å². The van der Waals surface area contributed by atoms with Crippen LogP contribution in [0.15, 0.2) is 24.3 Å². The Morgan fingerprint density at radius 2 is 0.902 bits per heavy atom. The normalized spacial score (nSPS) is 14.3. The van der Waals surface area contributed by atoms with E-state index < -0.39 is 20.0 Å². The van der Waals surface area contributed by atoms with Crippen molar-refractivity contribution in [1.29, 1.82) is 0 Å². The molecule has 3 atom stereocenters. The van der Waals surface area contributed by atoms with Crippen LogP contribution in [0.1, 0.15) is 251 Å². The summed E-state index contributed by atoms with van der Waals surface area (Å²) in [7, 11) is 1.27. The van der Waals surface area contributed by atoms with Crippen molar-refractivity contribution in [1.82, 2.24) is 5.32 Å². The maximum atomic E-state index is 12.8. The van der Waals surface area contributed by atoms with Gasteiger partial charge in [0.15, 0.2) is 0 Å². The van der Waals surface area contributed by atoms with Crippen LogP contribution in [0.5, 0.6) is 0 Å².